The van der Waals surface area contributed by atoms with Gasteiger partial charge in [0, 0.05) is 31.9 Å². The molecular weight excluding hydrogens is 338 g/mol. The smallest absolute Gasteiger partial charge is 0.232 e. The zero-order chi connectivity index (χ0) is 17.7. The molecule has 2 heterocycles. The van der Waals surface area contributed by atoms with E-state index in [0.29, 0.717) is 25.3 Å². The molecule has 0 amide bonds. The Morgan fingerprint density at radius 3 is 2.48 bits per heavy atom. The fourth-order valence-corrected chi connectivity index (χ4v) is 4.68. The van der Waals surface area contributed by atoms with Gasteiger partial charge in [0.1, 0.15) is 0 Å². The van der Waals surface area contributed by atoms with Gasteiger partial charge in [0.2, 0.25) is 10.0 Å². The first-order valence-corrected chi connectivity index (χ1v) is 11.0. The molecule has 0 unspecified atom stereocenters. The Bertz CT molecular complexity index is 666. The largest absolute Gasteiger partial charge is 0.378 e. The fraction of sp³-hybridized carbons (Fsp3) is 0.667. The van der Waals surface area contributed by atoms with E-state index >= 15 is 0 Å². The first-order valence-electron chi connectivity index (χ1n) is 9.31. The molecule has 2 saturated heterocycles. The third kappa shape index (κ3) is 4.79. The number of morpholine rings is 1. The van der Waals surface area contributed by atoms with Crippen molar-refractivity contribution in [1.29, 1.82) is 0 Å². The van der Waals surface area contributed by atoms with Crippen LogP contribution in [0.15, 0.2) is 18.2 Å². The van der Waals surface area contributed by atoms with Crippen LogP contribution in [0.4, 0.5) is 17.1 Å². The maximum atomic E-state index is 12.5. The van der Waals surface area contributed by atoms with Crippen molar-refractivity contribution in [3.63, 3.8) is 0 Å². The number of benzene rings is 1. The fourth-order valence-electron chi connectivity index (χ4n) is 3.41. The molecule has 0 spiro atoms. The van der Waals surface area contributed by atoms with Crippen LogP contribution in [0.2, 0.25) is 0 Å². The third-order valence-electron chi connectivity index (χ3n) is 4.84. The highest BCUT2D eigenvalue weighted by Gasteiger charge is 2.21. The quantitative estimate of drug-likeness (QED) is 0.803. The topological polar surface area (TPSA) is 61.9 Å². The van der Waals surface area contributed by atoms with E-state index in [0.717, 1.165) is 56.8 Å². The molecule has 0 aromatic heterocycles. The molecule has 6 nitrogen and oxygen atoms in total. The molecule has 0 radical (unpaired) electrons. The Kier molecular flexibility index (Phi) is 6.06. The minimum atomic E-state index is -3.32. The lowest BCUT2D eigenvalue weighted by Gasteiger charge is -2.30. The van der Waals surface area contributed by atoms with E-state index in [-0.39, 0.29) is 5.75 Å². The number of nitrogens with zero attached hydrogens (tertiary/aromatic N) is 2. The van der Waals surface area contributed by atoms with Crippen molar-refractivity contribution >= 4 is 27.1 Å². The van der Waals surface area contributed by atoms with Gasteiger partial charge in [0.15, 0.2) is 0 Å². The van der Waals surface area contributed by atoms with E-state index in [4.69, 9.17) is 4.74 Å². The second kappa shape index (κ2) is 8.27. The minimum Gasteiger partial charge on any atom is -0.378 e. The van der Waals surface area contributed by atoms with Crippen LogP contribution >= 0.6 is 0 Å². The normalized spacial score (nSPS) is 18.6. The monoisotopic (exact) mass is 367 g/mol. The van der Waals surface area contributed by atoms with Crippen LogP contribution in [0.25, 0.3) is 0 Å². The first kappa shape index (κ1) is 18.3. The summed E-state index contributed by atoms with van der Waals surface area (Å²) in [5.41, 5.74) is 2.76. The van der Waals surface area contributed by atoms with Crippen molar-refractivity contribution in [2.75, 3.05) is 59.7 Å². The molecular formula is C18H29N3O3S. The van der Waals surface area contributed by atoms with Crippen LogP contribution in [0.5, 0.6) is 0 Å². The van der Waals surface area contributed by atoms with Crippen molar-refractivity contribution in [1.82, 2.24) is 0 Å². The molecule has 7 heteroatoms. The van der Waals surface area contributed by atoms with Crippen molar-refractivity contribution in [3.8, 4) is 0 Å². The average Bonchev–Trinajstić information content (AvgIpc) is 3.15. The Morgan fingerprint density at radius 1 is 1.08 bits per heavy atom. The highest BCUT2D eigenvalue weighted by molar-refractivity contribution is 7.92. The van der Waals surface area contributed by atoms with Gasteiger partial charge in [-0.25, -0.2) is 8.42 Å². The van der Waals surface area contributed by atoms with Gasteiger partial charge in [-0.2, -0.15) is 0 Å². The molecule has 1 aromatic carbocycles. The highest BCUT2D eigenvalue weighted by Crippen LogP contribution is 2.34. The molecule has 1 N–H and O–H groups in total. The summed E-state index contributed by atoms with van der Waals surface area (Å²) in [5.74, 6) is 0.171. The number of nitrogens with one attached hydrogen (secondary N) is 1. The number of ether oxygens (including phenoxy) is 1. The molecule has 3 rings (SSSR count). The predicted molar refractivity (Wildman–Crippen MR) is 103 cm³/mol. The average molecular weight is 368 g/mol. The Labute approximate surface area is 151 Å². The second-order valence-electron chi connectivity index (χ2n) is 6.77. The lowest BCUT2D eigenvalue weighted by molar-refractivity contribution is 0.122. The van der Waals surface area contributed by atoms with Crippen LogP contribution < -0.4 is 14.5 Å². The molecule has 0 saturated carbocycles. The second-order valence-corrected chi connectivity index (χ2v) is 8.61. The van der Waals surface area contributed by atoms with Crippen molar-refractivity contribution in [2.45, 2.75) is 32.6 Å². The van der Waals surface area contributed by atoms with E-state index in [2.05, 4.69) is 26.7 Å². The molecule has 2 aliphatic heterocycles. The van der Waals surface area contributed by atoms with Gasteiger partial charge in [-0.1, -0.05) is 13.3 Å². The molecule has 2 aliphatic rings. The summed E-state index contributed by atoms with van der Waals surface area (Å²) in [4.78, 5) is 4.53. The van der Waals surface area contributed by atoms with Crippen LogP contribution in [0.1, 0.15) is 32.6 Å². The van der Waals surface area contributed by atoms with E-state index in [9.17, 15) is 8.42 Å². The molecule has 1 aromatic rings. The summed E-state index contributed by atoms with van der Waals surface area (Å²) >= 11 is 0. The molecule has 140 valence electrons. The Morgan fingerprint density at radius 2 is 1.80 bits per heavy atom. The molecule has 25 heavy (non-hydrogen) atoms. The van der Waals surface area contributed by atoms with Crippen molar-refractivity contribution in [3.05, 3.63) is 18.2 Å². The summed E-state index contributed by atoms with van der Waals surface area (Å²) in [7, 11) is -3.32. The lowest BCUT2D eigenvalue weighted by atomic mass is 10.2. The summed E-state index contributed by atoms with van der Waals surface area (Å²) in [6, 6.07) is 6.15. The summed E-state index contributed by atoms with van der Waals surface area (Å²) in [6.45, 7) is 7.08. The molecule has 2 fully saturated rings. The molecule has 0 aliphatic carbocycles. The van der Waals surface area contributed by atoms with Crippen LogP contribution in [0, 0.1) is 0 Å². The molecule has 0 bridgehead atoms. The molecule has 0 atom stereocenters. The number of hydrogen-bond acceptors (Lipinski definition) is 5. The van der Waals surface area contributed by atoms with Crippen molar-refractivity contribution in [2.24, 2.45) is 0 Å². The van der Waals surface area contributed by atoms with Crippen molar-refractivity contribution < 1.29 is 13.2 Å². The van der Waals surface area contributed by atoms with E-state index in [1.54, 1.807) is 0 Å². The zero-order valence-electron chi connectivity index (χ0n) is 15.0. The van der Waals surface area contributed by atoms with Gasteiger partial charge in [-0.05, 0) is 37.5 Å². The Balaban J connectivity index is 1.87. The summed E-state index contributed by atoms with van der Waals surface area (Å²) in [5, 5.41) is 0. The maximum absolute atomic E-state index is 12.5. The van der Waals surface area contributed by atoms with E-state index in [1.807, 2.05) is 13.0 Å². The van der Waals surface area contributed by atoms with E-state index in [1.165, 1.54) is 0 Å². The third-order valence-corrected chi connectivity index (χ3v) is 6.19. The first-order chi connectivity index (χ1) is 12.1. The number of sulfonamides is 1. The number of unbranched alkanes of at least 4 members (excludes halogenated alkanes) is 1. The SMILES string of the molecule is CCCCS(=O)(=O)Nc1cc(N2CCOCC2)ccc1N1CCCC1. The van der Waals surface area contributed by atoms with Gasteiger partial charge in [0.05, 0.1) is 30.3 Å². The van der Waals surface area contributed by atoms with Gasteiger partial charge < -0.3 is 14.5 Å². The zero-order valence-corrected chi connectivity index (χ0v) is 15.9. The van der Waals surface area contributed by atoms with Crippen LogP contribution in [0.3, 0.4) is 0 Å². The standard InChI is InChI=1S/C18H29N3O3S/c1-2-3-14-25(22,23)19-17-15-16(20-10-12-24-13-11-20)6-7-18(17)21-8-4-5-9-21/h6-7,15,19H,2-5,8-14H2,1H3. The van der Waals surface area contributed by atoms with Gasteiger partial charge in [-0.3, -0.25) is 4.72 Å². The summed E-state index contributed by atoms with van der Waals surface area (Å²) in [6.07, 6.45) is 3.87. The van der Waals surface area contributed by atoms with Crippen LogP contribution in [-0.4, -0.2) is 53.6 Å². The summed E-state index contributed by atoms with van der Waals surface area (Å²) < 4.78 is 33.2. The lowest BCUT2D eigenvalue weighted by Crippen LogP contribution is -2.36. The minimum absolute atomic E-state index is 0.171. The predicted octanol–water partition coefficient (Wildman–Crippen LogP) is 2.67. The number of hydrogen-bond donors (Lipinski definition) is 1. The van der Waals surface area contributed by atoms with Gasteiger partial charge >= 0.3 is 0 Å². The highest BCUT2D eigenvalue weighted by atomic mass is 32.2. The van der Waals surface area contributed by atoms with Crippen LogP contribution in [-0.2, 0) is 14.8 Å². The number of anilines is 3. The van der Waals surface area contributed by atoms with Gasteiger partial charge in [-0.15, -0.1) is 0 Å². The van der Waals surface area contributed by atoms with E-state index < -0.39 is 10.0 Å². The Hall–Kier alpha value is -1.47. The van der Waals surface area contributed by atoms with Gasteiger partial charge in [0.25, 0.3) is 0 Å². The number of rotatable bonds is 7. The maximum Gasteiger partial charge on any atom is 0.232 e.